The predicted molar refractivity (Wildman–Crippen MR) is 102 cm³/mol. The Morgan fingerprint density at radius 3 is 2.40 bits per heavy atom. The highest BCUT2D eigenvalue weighted by atomic mass is 19.2. The maximum atomic E-state index is 13.4. The molecule has 3 rings (SSSR count). The number of benzene rings is 2. The number of nitrogens with zero attached hydrogens (tertiary/aromatic N) is 3. The fourth-order valence-electron chi connectivity index (χ4n) is 2.38. The summed E-state index contributed by atoms with van der Waals surface area (Å²) in [5.74, 6) is -2.84. The molecule has 0 atom stereocenters. The summed E-state index contributed by atoms with van der Waals surface area (Å²) in [6.45, 7) is 0. The van der Waals surface area contributed by atoms with Crippen molar-refractivity contribution in [3.63, 3.8) is 0 Å². The largest absolute Gasteiger partial charge is 0.497 e. The lowest BCUT2D eigenvalue weighted by Crippen LogP contribution is -2.30. The van der Waals surface area contributed by atoms with E-state index in [9.17, 15) is 23.7 Å². The molecule has 1 aromatic heterocycles. The number of carbonyl (C=O) groups is 1. The molecule has 0 saturated carbocycles. The van der Waals surface area contributed by atoms with E-state index in [0.717, 1.165) is 18.5 Å². The van der Waals surface area contributed by atoms with Crippen molar-refractivity contribution in [1.82, 2.24) is 15.4 Å². The minimum absolute atomic E-state index is 0.0314. The van der Waals surface area contributed by atoms with E-state index in [0.29, 0.717) is 5.75 Å². The summed E-state index contributed by atoms with van der Waals surface area (Å²) in [4.78, 5) is 30.5. The molecule has 0 aliphatic rings. The Morgan fingerprint density at radius 2 is 1.77 bits per heavy atom. The van der Waals surface area contributed by atoms with Crippen molar-refractivity contribution in [2.45, 2.75) is 0 Å². The van der Waals surface area contributed by atoms with Crippen molar-refractivity contribution < 1.29 is 23.2 Å². The first-order valence-electron chi connectivity index (χ1n) is 8.31. The lowest BCUT2D eigenvalue weighted by atomic mass is 10.2. The minimum atomic E-state index is -1.14. The van der Waals surface area contributed by atoms with E-state index < -0.39 is 28.2 Å². The number of anilines is 3. The molecule has 12 heteroatoms. The van der Waals surface area contributed by atoms with Gasteiger partial charge in [-0.3, -0.25) is 25.8 Å². The number of amides is 1. The van der Waals surface area contributed by atoms with Gasteiger partial charge in [0.15, 0.2) is 11.6 Å². The minimum Gasteiger partial charge on any atom is -0.497 e. The lowest BCUT2D eigenvalue weighted by Gasteiger charge is -2.11. The van der Waals surface area contributed by atoms with Crippen molar-refractivity contribution in [3.05, 3.63) is 76.1 Å². The van der Waals surface area contributed by atoms with Crippen LogP contribution in [0.25, 0.3) is 0 Å². The zero-order valence-corrected chi connectivity index (χ0v) is 15.3. The standard InChI is InChI=1S/C18H14F2N6O4/c1-30-12-5-2-10(3-6-12)18(27)25-24-17-15(26(28)29)16(21-9-22-17)23-11-4-7-13(19)14(20)8-11/h2-9H,1H3,(H,25,27)(H2,21,22,23,24). The van der Waals surface area contributed by atoms with E-state index >= 15 is 0 Å². The van der Waals surface area contributed by atoms with Crippen molar-refractivity contribution in [2.75, 3.05) is 17.9 Å². The molecule has 1 amide bonds. The molecule has 0 aliphatic carbocycles. The van der Waals surface area contributed by atoms with Gasteiger partial charge in [0.05, 0.1) is 12.0 Å². The van der Waals surface area contributed by atoms with Gasteiger partial charge in [-0.25, -0.2) is 18.7 Å². The third kappa shape index (κ3) is 4.55. The average molecular weight is 416 g/mol. The molecule has 3 aromatic rings. The van der Waals surface area contributed by atoms with E-state index in [2.05, 4.69) is 26.1 Å². The van der Waals surface area contributed by atoms with Gasteiger partial charge in [0.25, 0.3) is 5.91 Å². The SMILES string of the molecule is COc1ccc(C(=O)NNc2ncnc(Nc3ccc(F)c(F)c3)c2[N+](=O)[O-])cc1. The highest BCUT2D eigenvalue weighted by molar-refractivity contribution is 5.95. The molecule has 0 bridgehead atoms. The molecule has 0 aliphatic heterocycles. The second-order valence-corrected chi connectivity index (χ2v) is 5.74. The highest BCUT2D eigenvalue weighted by Gasteiger charge is 2.24. The molecule has 0 radical (unpaired) electrons. The summed E-state index contributed by atoms with van der Waals surface area (Å²) in [5.41, 5.74) is 4.35. The van der Waals surface area contributed by atoms with Crippen LogP contribution in [0, 0.1) is 21.7 Å². The van der Waals surface area contributed by atoms with Gasteiger partial charge in [0.1, 0.15) is 12.1 Å². The molecular formula is C18H14F2N6O4. The van der Waals surface area contributed by atoms with Gasteiger partial charge < -0.3 is 10.1 Å². The number of rotatable bonds is 7. The van der Waals surface area contributed by atoms with E-state index in [4.69, 9.17) is 4.74 Å². The maximum absolute atomic E-state index is 13.4. The first kappa shape index (κ1) is 20.4. The van der Waals surface area contributed by atoms with Crippen LogP contribution in [0.2, 0.25) is 0 Å². The first-order valence-corrected chi connectivity index (χ1v) is 8.31. The van der Waals surface area contributed by atoms with Crippen LogP contribution in [0.15, 0.2) is 48.8 Å². The van der Waals surface area contributed by atoms with Gasteiger partial charge >= 0.3 is 5.69 Å². The van der Waals surface area contributed by atoms with E-state index in [1.54, 1.807) is 12.1 Å². The zero-order chi connectivity index (χ0) is 21.7. The highest BCUT2D eigenvalue weighted by Crippen LogP contribution is 2.31. The van der Waals surface area contributed by atoms with E-state index in [1.807, 2.05) is 0 Å². The Hall–Kier alpha value is -4.35. The van der Waals surface area contributed by atoms with E-state index in [-0.39, 0.29) is 22.9 Å². The lowest BCUT2D eigenvalue weighted by molar-refractivity contribution is -0.383. The van der Waals surface area contributed by atoms with Crippen LogP contribution >= 0.6 is 0 Å². The molecule has 30 heavy (non-hydrogen) atoms. The Balaban J connectivity index is 1.80. The number of hydrazine groups is 1. The van der Waals surface area contributed by atoms with Crippen LogP contribution in [0.5, 0.6) is 5.75 Å². The van der Waals surface area contributed by atoms with Crippen molar-refractivity contribution in [1.29, 1.82) is 0 Å². The second kappa shape index (κ2) is 8.77. The summed E-state index contributed by atoms with van der Waals surface area (Å²) >= 11 is 0. The van der Waals surface area contributed by atoms with E-state index in [1.165, 1.54) is 25.3 Å². The predicted octanol–water partition coefficient (Wildman–Crippen LogP) is 3.17. The Kier molecular flexibility index (Phi) is 5.96. The number of hydrogen-bond acceptors (Lipinski definition) is 8. The Bertz CT molecular complexity index is 1090. The molecule has 1 heterocycles. The molecule has 0 unspecified atom stereocenters. The van der Waals surface area contributed by atoms with Gasteiger partial charge in [0.2, 0.25) is 11.6 Å². The summed E-state index contributed by atoms with van der Waals surface area (Å²) in [5, 5.41) is 14.1. The number of methoxy groups -OCH3 is 1. The van der Waals surface area contributed by atoms with Gasteiger partial charge in [-0.15, -0.1) is 0 Å². The zero-order valence-electron chi connectivity index (χ0n) is 15.3. The first-order chi connectivity index (χ1) is 14.4. The molecule has 0 spiro atoms. The molecule has 0 fully saturated rings. The number of halogens is 2. The third-order valence-electron chi connectivity index (χ3n) is 3.83. The summed E-state index contributed by atoms with van der Waals surface area (Å²) < 4.78 is 31.5. The van der Waals surface area contributed by atoms with Crippen LogP contribution in [0.3, 0.4) is 0 Å². The summed E-state index contributed by atoms with van der Waals surface area (Å²) in [6, 6.07) is 9.01. The Morgan fingerprint density at radius 1 is 1.07 bits per heavy atom. The fraction of sp³-hybridized carbons (Fsp3) is 0.0556. The van der Waals surface area contributed by atoms with Crippen LogP contribution in [0.4, 0.5) is 31.8 Å². The number of aromatic nitrogens is 2. The van der Waals surface area contributed by atoms with Crippen LogP contribution in [-0.2, 0) is 0 Å². The van der Waals surface area contributed by atoms with Gasteiger partial charge in [-0.1, -0.05) is 0 Å². The van der Waals surface area contributed by atoms with Gasteiger partial charge in [-0.05, 0) is 36.4 Å². The molecule has 2 aromatic carbocycles. The quantitative estimate of drug-likeness (QED) is 0.395. The number of ether oxygens (including phenoxy) is 1. The molecule has 10 nitrogen and oxygen atoms in total. The number of carbonyl (C=O) groups excluding carboxylic acids is 1. The molecule has 0 saturated heterocycles. The smallest absolute Gasteiger partial charge is 0.355 e. The fourth-order valence-corrected chi connectivity index (χ4v) is 2.38. The number of nitrogens with one attached hydrogen (secondary N) is 3. The number of nitro groups is 1. The topological polar surface area (TPSA) is 131 Å². The van der Waals surface area contributed by atoms with Crippen LogP contribution < -0.4 is 20.9 Å². The van der Waals surface area contributed by atoms with Crippen molar-refractivity contribution >= 4 is 28.9 Å². The van der Waals surface area contributed by atoms with Crippen LogP contribution in [-0.4, -0.2) is 27.9 Å². The monoisotopic (exact) mass is 416 g/mol. The molecular weight excluding hydrogens is 402 g/mol. The normalized spacial score (nSPS) is 10.2. The Labute approximate surface area is 168 Å². The third-order valence-corrected chi connectivity index (χ3v) is 3.83. The van der Waals surface area contributed by atoms with Gasteiger partial charge in [-0.2, -0.15) is 0 Å². The van der Waals surface area contributed by atoms with Crippen LogP contribution in [0.1, 0.15) is 10.4 Å². The average Bonchev–Trinajstić information content (AvgIpc) is 2.74. The summed E-state index contributed by atoms with van der Waals surface area (Å²) in [6.07, 6.45) is 0.997. The van der Waals surface area contributed by atoms with Crippen molar-refractivity contribution in [2.24, 2.45) is 0 Å². The molecule has 3 N–H and O–H groups in total. The van der Waals surface area contributed by atoms with Gasteiger partial charge in [0, 0.05) is 17.3 Å². The molecule has 154 valence electrons. The second-order valence-electron chi connectivity index (χ2n) is 5.74. The maximum Gasteiger partial charge on any atom is 0.355 e. The number of hydrogen-bond donors (Lipinski definition) is 3. The summed E-state index contributed by atoms with van der Waals surface area (Å²) in [7, 11) is 1.48. The van der Waals surface area contributed by atoms with Crippen molar-refractivity contribution in [3.8, 4) is 5.75 Å².